The maximum absolute atomic E-state index is 12.2. The zero-order chi connectivity index (χ0) is 21.9. The molecule has 0 saturated heterocycles. The summed E-state index contributed by atoms with van der Waals surface area (Å²) >= 11 is 1.52. The maximum Gasteiger partial charge on any atom is 0.259 e. The Hall–Kier alpha value is -2.99. The van der Waals surface area contributed by atoms with Crippen molar-refractivity contribution >= 4 is 51.5 Å². The molecule has 0 saturated carbocycles. The first-order valence-electron chi connectivity index (χ1n) is 8.52. The van der Waals surface area contributed by atoms with Gasteiger partial charge in [-0.25, -0.2) is 16.7 Å². The highest BCUT2D eigenvalue weighted by molar-refractivity contribution is 8.14. The zero-order valence-corrected chi connectivity index (χ0v) is 17.3. The van der Waals surface area contributed by atoms with Crippen LogP contribution in [-0.2, 0) is 9.59 Å². The van der Waals surface area contributed by atoms with E-state index >= 15 is 0 Å². The van der Waals surface area contributed by atoms with Gasteiger partial charge in [-0.3, -0.25) is 24.6 Å². The molecule has 11 heteroatoms. The van der Waals surface area contributed by atoms with E-state index in [9.17, 15) is 19.2 Å². The molecule has 2 amide bonds. The molecule has 2 rings (SSSR count). The number of carbonyl (C=O) groups is 4. The number of aliphatic imine (C=N–C) groups is 1. The van der Waals surface area contributed by atoms with Crippen molar-refractivity contribution in [1.82, 2.24) is 10.4 Å². The van der Waals surface area contributed by atoms with Crippen LogP contribution < -0.4 is 17.1 Å². The third-order valence-electron chi connectivity index (χ3n) is 3.53. The van der Waals surface area contributed by atoms with Crippen LogP contribution in [0.1, 0.15) is 20.7 Å². The Balaban J connectivity index is 1.88. The number of nitrogens with zero attached hydrogens (tertiary/aromatic N) is 2. The number of hydrogen-bond acceptors (Lipinski definition) is 8. The summed E-state index contributed by atoms with van der Waals surface area (Å²) in [6, 6.07) is 16.9. The highest BCUT2D eigenvalue weighted by Gasteiger charge is 2.19. The lowest BCUT2D eigenvalue weighted by atomic mass is 10.2. The Kier molecular flexibility index (Phi) is 9.22. The second-order valence-electron chi connectivity index (χ2n) is 5.62. The normalized spacial score (nSPS) is 10.9. The van der Waals surface area contributed by atoms with Crippen LogP contribution in [0.5, 0.6) is 0 Å². The van der Waals surface area contributed by atoms with E-state index in [1.165, 1.54) is 0 Å². The average molecular weight is 446 g/mol. The van der Waals surface area contributed by atoms with Crippen molar-refractivity contribution in [3.05, 3.63) is 71.8 Å². The molecule has 0 aliphatic carbocycles. The monoisotopic (exact) mass is 445 g/mol. The summed E-state index contributed by atoms with van der Waals surface area (Å²) < 4.78 is 0. The van der Waals surface area contributed by atoms with E-state index in [2.05, 4.69) is 10.4 Å². The molecule has 0 bridgehead atoms. The second-order valence-corrected chi connectivity index (χ2v) is 7.52. The topological polar surface area (TPSA) is 148 Å². The van der Waals surface area contributed by atoms with Crippen LogP contribution in [-0.4, -0.2) is 44.5 Å². The van der Waals surface area contributed by atoms with Crippen molar-refractivity contribution < 1.29 is 19.2 Å². The molecular weight excluding hydrogens is 426 g/mol. The first-order valence-corrected chi connectivity index (χ1v) is 10.5. The molecule has 0 unspecified atom stereocenters. The quantitative estimate of drug-likeness (QED) is 0.196. The molecule has 2 aromatic carbocycles. The van der Waals surface area contributed by atoms with E-state index < -0.39 is 17.8 Å². The van der Waals surface area contributed by atoms with Gasteiger partial charge in [0, 0.05) is 11.1 Å². The molecule has 0 heterocycles. The summed E-state index contributed by atoms with van der Waals surface area (Å²) in [6.07, 6.45) is 0. The predicted molar refractivity (Wildman–Crippen MR) is 117 cm³/mol. The number of hydrazine groups is 2. The minimum Gasteiger partial charge on any atom is -0.292 e. The largest absolute Gasteiger partial charge is 0.292 e. The predicted octanol–water partition coefficient (Wildman–Crippen LogP) is 1.18. The van der Waals surface area contributed by atoms with E-state index in [1.54, 1.807) is 60.7 Å². The third-order valence-corrected chi connectivity index (χ3v) is 5.31. The van der Waals surface area contributed by atoms with E-state index in [0.717, 1.165) is 23.5 Å². The maximum atomic E-state index is 12.2. The summed E-state index contributed by atoms with van der Waals surface area (Å²) in [5.74, 6) is 8.61. The minimum absolute atomic E-state index is 0.262. The van der Waals surface area contributed by atoms with Gasteiger partial charge in [0.1, 0.15) is 0 Å². The van der Waals surface area contributed by atoms with Crippen molar-refractivity contribution in [2.75, 3.05) is 11.5 Å². The lowest BCUT2D eigenvalue weighted by Crippen LogP contribution is -2.52. The molecule has 5 N–H and O–H groups in total. The van der Waals surface area contributed by atoms with E-state index in [1.807, 2.05) is 0 Å². The van der Waals surface area contributed by atoms with Gasteiger partial charge in [0.2, 0.25) is 16.2 Å². The zero-order valence-electron chi connectivity index (χ0n) is 15.7. The fraction of sp³-hybridized carbons (Fsp3) is 0.105. The van der Waals surface area contributed by atoms with Gasteiger partial charge in [-0.2, -0.15) is 4.99 Å². The number of thioether (sulfide) groups is 2. The Morgan fingerprint density at radius 2 is 1.30 bits per heavy atom. The Morgan fingerprint density at radius 3 is 1.77 bits per heavy atom. The van der Waals surface area contributed by atoms with Crippen molar-refractivity contribution in [3.8, 4) is 0 Å². The van der Waals surface area contributed by atoms with E-state index in [4.69, 9.17) is 11.7 Å². The molecule has 30 heavy (non-hydrogen) atoms. The first-order chi connectivity index (χ1) is 14.4. The van der Waals surface area contributed by atoms with Crippen LogP contribution in [0.25, 0.3) is 0 Å². The highest BCUT2D eigenvalue weighted by atomic mass is 32.2. The number of carbonyl (C=O) groups excluding carboxylic acids is 4. The number of guanidine groups is 1. The number of rotatable bonds is 6. The smallest absolute Gasteiger partial charge is 0.259 e. The fourth-order valence-electron chi connectivity index (χ4n) is 2.06. The van der Waals surface area contributed by atoms with Crippen LogP contribution in [0.3, 0.4) is 0 Å². The third kappa shape index (κ3) is 7.12. The summed E-state index contributed by atoms with van der Waals surface area (Å²) in [6.45, 7) is 0. The van der Waals surface area contributed by atoms with Crippen LogP contribution in [0.2, 0.25) is 0 Å². The summed E-state index contributed by atoms with van der Waals surface area (Å²) in [5, 5.41) is -0.0475. The molecule has 0 aromatic heterocycles. The van der Waals surface area contributed by atoms with Crippen LogP contribution in [0, 0.1) is 0 Å². The van der Waals surface area contributed by atoms with Gasteiger partial charge in [0.25, 0.3) is 11.8 Å². The Bertz CT molecular complexity index is 938. The molecule has 9 nitrogen and oxygen atoms in total. The molecule has 156 valence electrons. The number of amides is 2. The molecule has 0 radical (unpaired) electrons. The average Bonchev–Trinajstić information content (AvgIpc) is 2.79. The summed E-state index contributed by atoms with van der Waals surface area (Å²) in [7, 11) is 0. The summed E-state index contributed by atoms with van der Waals surface area (Å²) in [5.41, 5.74) is 2.97. The van der Waals surface area contributed by atoms with Crippen LogP contribution in [0.4, 0.5) is 0 Å². The molecule has 0 aliphatic heterocycles. The van der Waals surface area contributed by atoms with Gasteiger partial charge < -0.3 is 0 Å². The van der Waals surface area contributed by atoms with Crippen molar-refractivity contribution in [2.24, 2.45) is 16.7 Å². The van der Waals surface area contributed by atoms with Gasteiger partial charge in [-0.1, -0.05) is 84.2 Å². The molecule has 0 fully saturated rings. The van der Waals surface area contributed by atoms with Crippen molar-refractivity contribution in [2.45, 2.75) is 0 Å². The number of nitrogens with one attached hydrogen (secondary N) is 1. The second kappa shape index (κ2) is 11.9. The molecule has 2 aromatic rings. The van der Waals surface area contributed by atoms with Crippen molar-refractivity contribution in [3.63, 3.8) is 0 Å². The fourth-order valence-corrected chi connectivity index (χ4v) is 3.38. The standard InChI is InChI=1S/C19H19N5O4S2/c20-23-19(22-15(25)11-29-17(27)13-7-3-1-4-8-13)24(21)16(26)12-30-18(28)14-9-5-2-6-10-14/h1-10H,11-12,20-21H2,(H,22,23,25). The molecule has 0 aliphatic rings. The summed E-state index contributed by atoms with van der Waals surface area (Å²) in [4.78, 5) is 51.9. The van der Waals surface area contributed by atoms with Gasteiger partial charge in [-0.15, -0.1) is 0 Å². The Morgan fingerprint density at radius 1 is 0.833 bits per heavy atom. The molecular formula is C19H19N5O4S2. The van der Waals surface area contributed by atoms with E-state index in [-0.39, 0.29) is 21.7 Å². The molecule has 0 spiro atoms. The van der Waals surface area contributed by atoms with Gasteiger partial charge in [0.05, 0.1) is 11.5 Å². The first kappa shape index (κ1) is 23.3. The highest BCUT2D eigenvalue weighted by Crippen LogP contribution is 2.13. The Labute approximate surface area is 181 Å². The van der Waals surface area contributed by atoms with Gasteiger partial charge in [0.15, 0.2) is 0 Å². The van der Waals surface area contributed by atoms with Crippen LogP contribution in [0.15, 0.2) is 65.7 Å². The van der Waals surface area contributed by atoms with Gasteiger partial charge >= 0.3 is 0 Å². The number of nitrogens with two attached hydrogens (primary N) is 2. The minimum atomic E-state index is -0.714. The van der Waals surface area contributed by atoms with Gasteiger partial charge in [-0.05, 0) is 0 Å². The number of benzene rings is 2. The van der Waals surface area contributed by atoms with Crippen LogP contribution >= 0.6 is 23.5 Å². The lowest BCUT2D eigenvalue weighted by molar-refractivity contribution is -0.125. The SMILES string of the molecule is NNC(=NC(=O)CSC(=O)c1ccccc1)N(N)C(=O)CSC(=O)c1ccccc1. The lowest BCUT2D eigenvalue weighted by Gasteiger charge is -2.17. The van der Waals surface area contributed by atoms with E-state index in [0.29, 0.717) is 16.1 Å². The number of hydrogen-bond donors (Lipinski definition) is 3. The van der Waals surface area contributed by atoms with Crippen molar-refractivity contribution in [1.29, 1.82) is 0 Å². The molecule has 0 atom stereocenters.